The zero-order valence-corrected chi connectivity index (χ0v) is 17.7. The van der Waals surface area contributed by atoms with Gasteiger partial charge in [0, 0.05) is 5.56 Å². The molecule has 2 aromatic rings. The first-order valence-corrected chi connectivity index (χ1v) is 9.53. The maximum absolute atomic E-state index is 12.3. The second kappa shape index (κ2) is 10.6. The number of aryl methyl sites for hydroxylation is 2. The van der Waals surface area contributed by atoms with Crippen LogP contribution in [0.1, 0.15) is 34.8 Å². The SMILES string of the molecule is CCCOc1c(Cl)cc(C(=O)NNC(=O)COc2ccc(C)c(C)c2)cc1OC. The van der Waals surface area contributed by atoms with Crippen molar-refractivity contribution in [3.63, 3.8) is 0 Å². The molecule has 8 heteroatoms. The van der Waals surface area contributed by atoms with Gasteiger partial charge in [0.05, 0.1) is 18.7 Å². The Morgan fingerprint density at radius 3 is 2.45 bits per heavy atom. The molecule has 2 aromatic carbocycles. The molecule has 0 atom stereocenters. The van der Waals surface area contributed by atoms with Crippen LogP contribution in [0.5, 0.6) is 17.2 Å². The summed E-state index contributed by atoms with van der Waals surface area (Å²) in [5.74, 6) is 0.233. The van der Waals surface area contributed by atoms with Crippen molar-refractivity contribution in [1.29, 1.82) is 0 Å². The van der Waals surface area contributed by atoms with Crippen LogP contribution in [0.2, 0.25) is 5.02 Å². The van der Waals surface area contributed by atoms with Gasteiger partial charge < -0.3 is 14.2 Å². The Bertz CT molecular complexity index is 886. The predicted molar refractivity (Wildman–Crippen MR) is 111 cm³/mol. The van der Waals surface area contributed by atoms with Gasteiger partial charge in [-0.2, -0.15) is 0 Å². The minimum atomic E-state index is -0.549. The monoisotopic (exact) mass is 420 g/mol. The number of hydrogen-bond donors (Lipinski definition) is 2. The average Bonchev–Trinajstić information content (AvgIpc) is 2.71. The predicted octanol–water partition coefficient (Wildman–Crippen LogP) is 3.59. The fraction of sp³-hybridized carbons (Fsp3) is 0.333. The minimum Gasteiger partial charge on any atom is -0.493 e. The van der Waals surface area contributed by atoms with Crippen LogP contribution in [0.4, 0.5) is 0 Å². The summed E-state index contributed by atoms with van der Waals surface area (Å²) in [7, 11) is 1.46. The number of halogens is 1. The van der Waals surface area contributed by atoms with Crippen LogP contribution in [-0.4, -0.2) is 32.1 Å². The van der Waals surface area contributed by atoms with Gasteiger partial charge >= 0.3 is 0 Å². The highest BCUT2D eigenvalue weighted by Gasteiger charge is 2.16. The van der Waals surface area contributed by atoms with Crippen molar-refractivity contribution in [1.82, 2.24) is 10.9 Å². The number of nitrogens with one attached hydrogen (secondary N) is 2. The van der Waals surface area contributed by atoms with Gasteiger partial charge in [-0.25, -0.2) is 0 Å². The van der Waals surface area contributed by atoms with Crippen molar-refractivity contribution in [2.75, 3.05) is 20.3 Å². The zero-order chi connectivity index (χ0) is 21.4. The summed E-state index contributed by atoms with van der Waals surface area (Å²) < 4.78 is 16.2. The number of hydrazine groups is 1. The molecule has 2 amide bonds. The van der Waals surface area contributed by atoms with E-state index in [1.54, 1.807) is 6.07 Å². The largest absolute Gasteiger partial charge is 0.493 e. The van der Waals surface area contributed by atoms with Gasteiger partial charge in [0.25, 0.3) is 11.8 Å². The number of methoxy groups -OCH3 is 1. The van der Waals surface area contributed by atoms with Crippen LogP contribution in [0, 0.1) is 13.8 Å². The molecule has 29 heavy (non-hydrogen) atoms. The van der Waals surface area contributed by atoms with Gasteiger partial charge in [0.15, 0.2) is 18.1 Å². The molecule has 0 bridgehead atoms. The van der Waals surface area contributed by atoms with Crippen molar-refractivity contribution >= 4 is 23.4 Å². The van der Waals surface area contributed by atoms with E-state index in [2.05, 4.69) is 10.9 Å². The Morgan fingerprint density at radius 1 is 1.03 bits per heavy atom. The van der Waals surface area contributed by atoms with E-state index in [1.807, 2.05) is 32.9 Å². The summed E-state index contributed by atoms with van der Waals surface area (Å²) >= 11 is 6.20. The van der Waals surface area contributed by atoms with Crippen LogP contribution in [0.25, 0.3) is 0 Å². The average molecular weight is 421 g/mol. The maximum atomic E-state index is 12.3. The molecule has 0 saturated carbocycles. The van der Waals surface area contributed by atoms with Gasteiger partial charge in [-0.3, -0.25) is 20.4 Å². The number of ether oxygens (including phenoxy) is 3. The minimum absolute atomic E-state index is 0.214. The van der Waals surface area contributed by atoms with E-state index in [4.69, 9.17) is 25.8 Å². The summed E-state index contributed by atoms with van der Waals surface area (Å²) in [6.07, 6.45) is 0.804. The van der Waals surface area contributed by atoms with Gasteiger partial charge in [-0.15, -0.1) is 0 Å². The molecule has 2 rings (SSSR count). The van der Waals surface area contributed by atoms with Crippen LogP contribution in [-0.2, 0) is 4.79 Å². The van der Waals surface area contributed by atoms with Crippen molar-refractivity contribution in [2.45, 2.75) is 27.2 Å². The molecule has 0 radical (unpaired) electrons. The van der Waals surface area contributed by atoms with E-state index in [0.717, 1.165) is 17.5 Å². The highest BCUT2D eigenvalue weighted by molar-refractivity contribution is 6.32. The molecule has 0 aromatic heterocycles. The Kier molecular flexibility index (Phi) is 8.15. The van der Waals surface area contributed by atoms with Crippen LogP contribution >= 0.6 is 11.6 Å². The maximum Gasteiger partial charge on any atom is 0.276 e. The number of hydrogen-bond acceptors (Lipinski definition) is 5. The Morgan fingerprint density at radius 2 is 1.79 bits per heavy atom. The van der Waals surface area contributed by atoms with E-state index in [-0.39, 0.29) is 17.2 Å². The molecule has 0 aliphatic heterocycles. The molecule has 0 unspecified atom stereocenters. The van der Waals surface area contributed by atoms with Crippen LogP contribution in [0.15, 0.2) is 30.3 Å². The first-order chi connectivity index (χ1) is 13.8. The smallest absolute Gasteiger partial charge is 0.276 e. The third-order valence-corrected chi connectivity index (χ3v) is 4.39. The third kappa shape index (κ3) is 6.29. The van der Waals surface area contributed by atoms with Crippen molar-refractivity contribution in [3.05, 3.63) is 52.0 Å². The molecule has 7 nitrogen and oxygen atoms in total. The van der Waals surface area contributed by atoms with Gasteiger partial charge in [-0.1, -0.05) is 24.6 Å². The van der Waals surface area contributed by atoms with Crippen LogP contribution < -0.4 is 25.1 Å². The number of carbonyl (C=O) groups is 2. The normalized spacial score (nSPS) is 10.2. The molecular formula is C21H25ClN2O5. The van der Waals surface area contributed by atoms with Gasteiger partial charge in [0.2, 0.25) is 0 Å². The second-order valence-electron chi connectivity index (χ2n) is 6.37. The van der Waals surface area contributed by atoms with Crippen LogP contribution in [0.3, 0.4) is 0 Å². The number of rotatable bonds is 8. The van der Waals surface area contributed by atoms with E-state index in [9.17, 15) is 9.59 Å². The molecule has 0 aliphatic rings. The molecule has 0 spiro atoms. The molecular weight excluding hydrogens is 396 g/mol. The van der Waals surface area contributed by atoms with Crippen molar-refractivity contribution in [2.24, 2.45) is 0 Å². The van der Waals surface area contributed by atoms with E-state index in [1.165, 1.54) is 19.2 Å². The lowest BCUT2D eigenvalue weighted by molar-refractivity contribution is -0.123. The fourth-order valence-electron chi connectivity index (χ4n) is 2.38. The molecule has 0 fully saturated rings. The summed E-state index contributed by atoms with van der Waals surface area (Å²) in [6.45, 7) is 6.15. The molecule has 0 aliphatic carbocycles. The van der Waals surface area contributed by atoms with Gasteiger partial charge in [0.1, 0.15) is 5.75 Å². The summed E-state index contributed by atoms with van der Waals surface area (Å²) in [5.41, 5.74) is 7.04. The lowest BCUT2D eigenvalue weighted by atomic mass is 10.1. The summed E-state index contributed by atoms with van der Waals surface area (Å²) in [6, 6.07) is 8.48. The molecule has 0 heterocycles. The first-order valence-electron chi connectivity index (χ1n) is 9.15. The highest BCUT2D eigenvalue weighted by Crippen LogP contribution is 2.36. The first kappa shape index (κ1) is 22.4. The number of carbonyl (C=O) groups excluding carboxylic acids is 2. The molecule has 156 valence electrons. The zero-order valence-electron chi connectivity index (χ0n) is 16.9. The van der Waals surface area contributed by atoms with Gasteiger partial charge in [-0.05, 0) is 55.7 Å². The van der Waals surface area contributed by atoms with E-state index in [0.29, 0.717) is 23.9 Å². The van der Waals surface area contributed by atoms with E-state index >= 15 is 0 Å². The van der Waals surface area contributed by atoms with E-state index < -0.39 is 11.8 Å². The quantitative estimate of drug-likeness (QED) is 0.637. The lowest BCUT2D eigenvalue weighted by Crippen LogP contribution is -2.43. The third-order valence-electron chi connectivity index (χ3n) is 4.11. The standard InChI is InChI=1S/C21H25ClN2O5/c1-5-8-28-20-17(22)10-15(11-18(20)27-4)21(26)24-23-19(25)12-29-16-7-6-13(2)14(3)9-16/h6-7,9-11H,5,8,12H2,1-4H3,(H,23,25)(H,24,26). The van der Waals surface area contributed by atoms with Crippen molar-refractivity contribution in [3.8, 4) is 17.2 Å². The molecule has 0 saturated heterocycles. The summed E-state index contributed by atoms with van der Waals surface area (Å²) in [5, 5.41) is 0.243. The highest BCUT2D eigenvalue weighted by atomic mass is 35.5. The lowest BCUT2D eigenvalue weighted by Gasteiger charge is -2.14. The fourth-order valence-corrected chi connectivity index (χ4v) is 2.65. The topological polar surface area (TPSA) is 85.9 Å². The summed E-state index contributed by atoms with van der Waals surface area (Å²) in [4.78, 5) is 24.3. The number of amides is 2. The van der Waals surface area contributed by atoms with Crippen molar-refractivity contribution < 1.29 is 23.8 Å². The Hall–Kier alpha value is -2.93. The Balaban J connectivity index is 1.93. The Labute approximate surface area is 175 Å². The second-order valence-corrected chi connectivity index (χ2v) is 6.78. The number of benzene rings is 2. The molecule has 2 N–H and O–H groups in total.